The lowest BCUT2D eigenvalue weighted by molar-refractivity contribution is -0.121. The number of hydrogen-bond donors (Lipinski definition) is 1. The van der Waals surface area contributed by atoms with E-state index in [0.29, 0.717) is 16.8 Å². The fourth-order valence-corrected chi connectivity index (χ4v) is 3.26. The van der Waals surface area contributed by atoms with Crippen LogP contribution in [0, 0.1) is 19.8 Å². The van der Waals surface area contributed by atoms with Crippen LogP contribution in [0.5, 0.6) is 0 Å². The van der Waals surface area contributed by atoms with Gasteiger partial charge in [0, 0.05) is 5.69 Å². The van der Waals surface area contributed by atoms with Gasteiger partial charge in [-0.15, -0.1) is 0 Å². The number of amides is 3. The standard InChI is InChI=1S/C21H22N2O3/c1-12(2)18(19(24)22-17-11-13(3)9-10-14(17)4)23-20(25)15-7-5-6-8-16(15)21(23)26/h5-12,18H,1-4H3,(H,22,24)/t18-/m0/s1. The SMILES string of the molecule is Cc1ccc(C)c(NC(=O)[C@H](C(C)C)N2C(=O)c3ccccc3C2=O)c1. The number of nitrogens with one attached hydrogen (secondary N) is 1. The zero-order valence-corrected chi connectivity index (χ0v) is 15.4. The molecule has 0 saturated heterocycles. The molecule has 1 aliphatic heterocycles. The third-order valence-electron chi connectivity index (χ3n) is 4.65. The molecule has 0 spiro atoms. The Morgan fingerprint density at radius 2 is 1.54 bits per heavy atom. The average molecular weight is 350 g/mol. The molecule has 134 valence electrons. The van der Waals surface area contributed by atoms with Gasteiger partial charge in [0.15, 0.2) is 0 Å². The summed E-state index contributed by atoms with van der Waals surface area (Å²) in [6.45, 7) is 7.51. The first-order valence-corrected chi connectivity index (χ1v) is 8.66. The quantitative estimate of drug-likeness (QED) is 0.858. The first-order chi connectivity index (χ1) is 12.3. The summed E-state index contributed by atoms with van der Waals surface area (Å²) < 4.78 is 0. The molecule has 5 heteroatoms. The highest BCUT2D eigenvalue weighted by atomic mass is 16.2. The summed E-state index contributed by atoms with van der Waals surface area (Å²) in [5.41, 5.74) is 3.34. The minimum absolute atomic E-state index is 0.220. The Labute approximate surface area is 153 Å². The molecule has 0 radical (unpaired) electrons. The molecule has 1 aliphatic rings. The lowest BCUT2D eigenvalue weighted by Crippen LogP contribution is -2.50. The van der Waals surface area contributed by atoms with Crippen molar-refractivity contribution in [2.75, 3.05) is 5.32 Å². The zero-order chi connectivity index (χ0) is 19.0. The highest BCUT2D eigenvalue weighted by Gasteiger charge is 2.43. The van der Waals surface area contributed by atoms with Gasteiger partial charge in [-0.05, 0) is 49.1 Å². The molecule has 0 unspecified atom stereocenters. The first-order valence-electron chi connectivity index (χ1n) is 8.66. The van der Waals surface area contributed by atoms with E-state index < -0.39 is 17.9 Å². The van der Waals surface area contributed by atoms with Gasteiger partial charge >= 0.3 is 0 Å². The Morgan fingerprint density at radius 3 is 2.08 bits per heavy atom. The summed E-state index contributed by atoms with van der Waals surface area (Å²) in [6.07, 6.45) is 0. The van der Waals surface area contributed by atoms with Crippen LogP contribution in [0.1, 0.15) is 45.7 Å². The van der Waals surface area contributed by atoms with Gasteiger partial charge in [-0.3, -0.25) is 19.3 Å². The lowest BCUT2D eigenvalue weighted by atomic mass is 10.0. The van der Waals surface area contributed by atoms with Gasteiger partial charge in [0.05, 0.1) is 11.1 Å². The van der Waals surface area contributed by atoms with E-state index in [-0.39, 0.29) is 11.8 Å². The fourth-order valence-electron chi connectivity index (χ4n) is 3.26. The molecule has 26 heavy (non-hydrogen) atoms. The second kappa shape index (κ2) is 6.75. The largest absolute Gasteiger partial charge is 0.324 e. The van der Waals surface area contributed by atoms with Crippen molar-refractivity contribution in [1.82, 2.24) is 4.90 Å². The van der Waals surface area contributed by atoms with Gasteiger partial charge in [-0.25, -0.2) is 0 Å². The predicted molar refractivity (Wildman–Crippen MR) is 100 cm³/mol. The zero-order valence-electron chi connectivity index (χ0n) is 15.4. The normalized spacial score (nSPS) is 14.6. The maximum Gasteiger partial charge on any atom is 0.262 e. The first kappa shape index (κ1) is 17.9. The Morgan fingerprint density at radius 1 is 0.962 bits per heavy atom. The van der Waals surface area contributed by atoms with E-state index in [2.05, 4.69) is 5.32 Å². The monoisotopic (exact) mass is 350 g/mol. The lowest BCUT2D eigenvalue weighted by Gasteiger charge is -2.28. The van der Waals surface area contributed by atoms with E-state index in [0.717, 1.165) is 16.0 Å². The number of carbonyl (C=O) groups excluding carboxylic acids is 3. The van der Waals surface area contributed by atoms with E-state index >= 15 is 0 Å². The molecule has 3 amide bonds. The van der Waals surface area contributed by atoms with E-state index in [1.807, 2.05) is 45.9 Å². The van der Waals surface area contributed by atoms with Gasteiger partial charge in [0.1, 0.15) is 6.04 Å². The summed E-state index contributed by atoms with van der Waals surface area (Å²) in [5.74, 6) is -1.41. The maximum absolute atomic E-state index is 13.0. The molecule has 1 atom stereocenters. The van der Waals surface area contributed by atoms with Crippen molar-refractivity contribution < 1.29 is 14.4 Å². The van der Waals surface area contributed by atoms with Crippen molar-refractivity contribution >= 4 is 23.4 Å². The van der Waals surface area contributed by atoms with Crippen LogP contribution in [0.15, 0.2) is 42.5 Å². The second-order valence-electron chi connectivity index (χ2n) is 7.02. The minimum atomic E-state index is -0.873. The van der Waals surface area contributed by atoms with Crippen molar-refractivity contribution in [3.8, 4) is 0 Å². The van der Waals surface area contributed by atoms with Crippen molar-refractivity contribution in [2.24, 2.45) is 5.92 Å². The average Bonchev–Trinajstić information content (AvgIpc) is 2.84. The van der Waals surface area contributed by atoms with Crippen LogP contribution in [-0.4, -0.2) is 28.7 Å². The molecular weight excluding hydrogens is 328 g/mol. The van der Waals surface area contributed by atoms with Gasteiger partial charge in [-0.1, -0.05) is 38.1 Å². The van der Waals surface area contributed by atoms with Gasteiger partial charge in [0.25, 0.3) is 11.8 Å². The third kappa shape index (κ3) is 3.01. The molecule has 0 aliphatic carbocycles. The Bertz CT molecular complexity index is 867. The molecular formula is C21H22N2O3. The van der Waals surface area contributed by atoms with Gasteiger partial charge in [0.2, 0.25) is 5.91 Å². The molecule has 2 aromatic carbocycles. The van der Waals surface area contributed by atoms with Crippen molar-refractivity contribution in [1.29, 1.82) is 0 Å². The van der Waals surface area contributed by atoms with E-state index in [9.17, 15) is 14.4 Å². The van der Waals surface area contributed by atoms with Crippen LogP contribution in [0.25, 0.3) is 0 Å². The van der Waals surface area contributed by atoms with Crippen LogP contribution in [0.3, 0.4) is 0 Å². The Hall–Kier alpha value is -2.95. The molecule has 0 fully saturated rings. The third-order valence-corrected chi connectivity index (χ3v) is 4.65. The number of hydrogen-bond acceptors (Lipinski definition) is 3. The topological polar surface area (TPSA) is 66.5 Å². The molecule has 5 nitrogen and oxygen atoms in total. The van der Waals surface area contributed by atoms with E-state index in [1.54, 1.807) is 24.3 Å². The number of aryl methyl sites for hydroxylation is 2. The van der Waals surface area contributed by atoms with Crippen LogP contribution in [-0.2, 0) is 4.79 Å². The molecule has 3 rings (SSSR count). The van der Waals surface area contributed by atoms with Crippen molar-refractivity contribution in [3.05, 3.63) is 64.7 Å². The van der Waals surface area contributed by atoms with Gasteiger partial charge < -0.3 is 5.32 Å². The number of fused-ring (bicyclic) bond motifs is 1. The summed E-state index contributed by atoms with van der Waals surface area (Å²) in [6, 6.07) is 11.6. The molecule has 2 aromatic rings. The van der Waals surface area contributed by atoms with Crippen LogP contribution in [0.2, 0.25) is 0 Å². The second-order valence-corrected chi connectivity index (χ2v) is 7.02. The Balaban J connectivity index is 1.93. The summed E-state index contributed by atoms with van der Waals surface area (Å²) >= 11 is 0. The summed E-state index contributed by atoms with van der Waals surface area (Å²) in [5, 5.41) is 2.89. The molecule has 0 bridgehead atoms. The predicted octanol–water partition coefficient (Wildman–Crippen LogP) is 3.56. The molecule has 1 N–H and O–H groups in total. The van der Waals surface area contributed by atoms with E-state index in [1.165, 1.54) is 0 Å². The number of nitrogens with zero attached hydrogens (tertiary/aromatic N) is 1. The number of rotatable bonds is 4. The summed E-state index contributed by atoms with van der Waals surface area (Å²) in [7, 11) is 0. The van der Waals surface area contributed by atoms with Crippen LogP contribution >= 0.6 is 0 Å². The summed E-state index contributed by atoms with van der Waals surface area (Å²) in [4.78, 5) is 39.6. The maximum atomic E-state index is 13.0. The number of anilines is 1. The Kier molecular flexibility index (Phi) is 4.64. The number of imide groups is 1. The van der Waals surface area contributed by atoms with Crippen LogP contribution in [0.4, 0.5) is 5.69 Å². The number of carbonyl (C=O) groups is 3. The molecule has 0 saturated carbocycles. The molecule has 0 aromatic heterocycles. The fraction of sp³-hybridized carbons (Fsp3) is 0.286. The van der Waals surface area contributed by atoms with Crippen LogP contribution < -0.4 is 5.32 Å². The van der Waals surface area contributed by atoms with Crippen molar-refractivity contribution in [2.45, 2.75) is 33.7 Å². The minimum Gasteiger partial charge on any atom is -0.324 e. The number of benzene rings is 2. The smallest absolute Gasteiger partial charge is 0.262 e. The van der Waals surface area contributed by atoms with E-state index in [4.69, 9.17) is 0 Å². The highest BCUT2D eigenvalue weighted by Crippen LogP contribution is 2.28. The highest BCUT2D eigenvalue weighted by molar-refractivity contribution is 6.23. The van der Waals surface area contributed by atoms with Crippen molar-refractivity contribution in [3.63, 3.8) is 0 Å². The van der Waals surface area contributed by atoms with Gasteiger partial charge in [-0.2, -0.15) is 0 Å². The molecule has 1 heterocycles.